The second-order valence-electron chi connectivity index (χ2n) is 7.14. The molecule has 1 aromatic heterocycles. The first-order chi connectivity index (χ1) is 11.4. The van der Waals surface area contributed by atoms with Crippen LogP contribution in [-0.2, 0) is 0 Å². The molecule has 2 heterocycles. The van der Waals surface area contributed by atoms with Gasteiger partial charge in [0.2, 0.25) is 0 Å². The lowest BCUT2D eigenvalue weighted by molar-refractivity contribution is -0.0146. The first kappa shape index (κ1) is 16.7. The highest BCUT2D eigenvalue weighted by atomic mass is 16.5. The van der Waals surface area contributed by atoms with Crippen LogP contribution in [0.15, 0.2) is 35.1 Å². The molecule has 2 aromatic rings. The Bertz CT molecular complexity index is 730. The minimum atomic E-state index is -0.785. The number of piperidine rings is 1. The van der Waals surface area contributed by atoms with Crippen molar-refractivity contribution in [3.05, 3.63) is 41.7 Å². The van der Waals surface area contributed by atoms with Crippen LogP contribution < -0.4 is 0 Å². The van der Waals surface area contributed by atoms with Crippen molar-refractivity contribution in [2.24, 2.45) is 5.92 Å². The summed E-state index contributed by atoms with van der Waals surface area (Å²) in [6.07, 6.45) is 3.25. The fourth-order valence-corrected chi connectivity index (χ4v) is 3.33. The van der Waals surface area contributed by atoms with Crippen molar-refractivity contribution in [1.82, 2.24) is 10.1 Å². The summed E-state index contributed by atoms with van der Waals surface area (Å²) in [5.74, 6) is 0.000393. The van der Waals surface area contributed by atoms with Gasteiger partial charge in [-0.25, -0.2) is 0 Å². The molecule has 1 fully saturated rings. The number of rotatable bonds is 3. The van der Waals surface area contributed by atoms with Gasteiger partial charge in [0.15, 0.2) is 0 Å². The molecule has 128 valence electrons. The van der Waals surface area contributed by atoms with Crippen molar-refractivity contribution in [3.63, 3.8) is 0 Å². The van der Waals surface area contributed by atoms with E-state index in [2.05, 4.69) is 5.16 Å². The van der Waals surface area contributed by atoms with E-state index < -0.39 is 5.60 Å². The largest absolute Gasteiger partial charge is 0.390 e. The van der Waals surface area contributed by atoms with Gasteiger partial charge in [0.25, 0.3) is 5.91 Å². The molecule has 1 saturated heterocycles. The number of carbonyl (C=O) groups excluding carboxylic acids is 1. The number of hydrogen-bond donors (Lipinski definition) is 1. The highest BCUT2D eigenvalue weighted by Crippen LogP contribution is 2.30. The van der Waals surface area contributed by atoms with E-state index >= 15 is 0 Å². The number of likely N-dealkylation sites (tertiary alicyclic amines) is 1. The van der Waals surface area contributed by atoms with E-state index in [1.165, 1.54) is 6.26 Å². The summed E-state index contributed by atoms with van der Waals surface area (Å²) in [6.45, 7) is 6.86. The van der Waals surface area contributed by atoms with Gasteiger partial charge in [0.1, 0.15) is 17.5 Å². The Hall–Kier alpha value is -2.14. The van der Waals surface area contributed by atoms with Crippen LogP contribution in [0.2, 0.25) is 0 Å². The maximum atomic E-state index is 13.0. The normalized spacial score (nSPS) is 18.7. The molecule has 3 rings (SSSR count). The molecular formula is C19H24N2O3. The Morgan fingerprint density at radius 3 is 2.83 bits per heavy atom. The van der Waals surface area contributed by atoms with Crippen LogP contribution in [0, 0.1) is 12.8 Å². The molecule has 0 radical (unpaired) electrons. The molecule has 0 spiro atoms. The van der Waals surface area contributed by atoms with E-state index in [-0.39, 0.29) is 11.8 Å². The van der Waals surface area contributed by atoms with Gasteiger partial charge in [-0.05, 0) is 39.2 Å². The fourth-order valence-electron chi connectivity index (χ4n) is 3.33. The average molecular weight is 328 g/mol. The maximum Gasteiger partial charge on any atom is 0.259 e. The zero-order valence-corrected chi connectivity index (χ0v) is 14.5. The van der Waals surface area contributed by atoms with Crippen molar-refractivity contribution in [1.29, 1.82) is 0 Å². The molecular weight excluding hydrogens is 304 g/mol. The number of aliphatic hydroxyl groups is 1. The number of nitrogens with zero attached hydrogens (tertiary/aromatic N) is 2. The summed E-state index contributed by atoms with van der Waals surface area (Å²) in [6, 6.07) is 7.82. The summed E-state index contributed by atoms with van der Waals surface area (Å²) < 4.78 is 5.11. The van der Waals surface area contributed by atoms with Crippen LogP contribution in [0.1, 0.15) is 42.6 Å². The Morgan fingerprint density at radius 2 is 2.12 bits per heavy atom. The van der Waals surface area contributed by atoms with Crippen molar-refractivity contribution >= 4 is 5.91 Å². The minimum Gasteiger partial charge on any atom is -0.390 e. The monoisotopic (exact) mass is 328 g/mol. The third kappa shape index (κ3) is 3.22. The Kier molecular flexibility index (Phi) is 4.45. The molecule has 5 heteroatoms. The topological polar surface area (TPSA) is 66.6 Å². The molecule has 0 bridgehead atoms. The average Bonchev–Trinajstić information content (AvgIpc) is 3.03. The molecule has 1 atom stereocenters. The molecule has 5 nitrogen and oxygen atoms in total. The van der Waals surface area contributed by atoms with Gasteiger partial charge in [-0.2, -0.15) is 0 Å². The van der Waals surface area contributed by atoms with E-state index in [0.717, 1.165) is 24.0 Å². The van der Waals surface area contributed by atoms with E-state index in [9.17, 15) is 9.90 Å². The highest BCUT2D eigenvalue weighted by Gasteiger charge is 2.34. The summed E-state index contributed by atoms with van der Waals surface area (Å²) in [5, 5.41) is 14.3. The molecule has 1 amide bonds. The lowest BCUT2D eigenvalue weighted by Gasteiger charge is -2.38. The van der Waals surface area contributed by atoms with Gasteiger partial charge in [0, 0.05) is 24.6 Å². The number of benzene rings is 1. The van der Waals surface area contributed by atoms with Crippen molar-refractivity contribution in [3.8, 4) is 11.3 Å². The molecule has 0 aliphatic carbocycles. The first-order valence-corrected chi connectivity index (χ1v) is 8.40. The van der Waals surface area contributed by atoms with E-state index in [0.29, 0.717) is 24.3 Å². The molecule has 0 saturated carbocycles. The predicted octanol–water partition coefficient (Wildman–Crippen LogP) is 3.27. The number of hydrogen-bond acceptors (Lipinski definition) is 4. The number of aryl methyl sites for hydroxylation is 1. The van der Waals surface area contributed by atoms with Crippen LogP contribution in [0.4, 0.5) is 0 Å². The smallest absolute Gasteiger partial charge is 0.259 e. The van der Waals surface area contributed by atoms with Gasteiger partial charge in [-0.1, -0.05) is 29.4 Å². The third-order valence-corrected chi connectivity index (χ3v) is 4.91. The maximum absolute atomic E-state index is 13.0. The molecule has 1 N–H and O–H groups in total. The lowest BCUT2D eigenvalue weighted by atomic mass is 9.84. The van der Waals surface area contributed by atoms with Crippen LogP contribution in [0.25, 0.3) is 11.3 Å². The Labute approximate surface area is 142 Å². The van der Waals surface area contributed by atoms with Gasteiger partial charge in [0.05, 0.1) is 5.60 Å². The summed E-state index contributed by atoms with van der Waals surface area (Å²) in [5.41, 5.74) is 2.25. The van der Waals surface area contributed by atoms with Crippen molar-refractivity contribution < 1.29 is 14.4 Å². The van der Waals surface area contributed by atoms with Crippen molar-refractivity contribution in [2.75, 3.05) is 13.1 Å². The first-order valence-electron chi connectivity index (χ1n) is 8.40. The zero-order chi connectivity index (χ0) is 17.3. The quantitative estimate of drug-likeness (QED) is 0.939. The van der Waals surface area contributed by atoms with Gasteiger partial charge in [-0.15, -0.1) is 0 Å². The van der Waals surface area contributed by atoms with Gasteiger partial charge < -0.3 is 14.5 Å². The lowest BCUT2D eigenvalue weighted by Crippen LogP contribution is -2.47. The molecule has 1 aliphatic heterocycles. The second kappa shape index (κ2) is 6.40. The second-order valence-corrected chi connectivity index (χ2v) is 7.14. The van der Waals surface area contributed by atoms with E-state index in [1.54, 1.807) is 4.90 Å². The number of carbonyl (C=O) groups is 1. The summed E-state index contributed by atoms with van der Waals surface area (Å²) in [4.78, 5) is 14.8. The zero-order valence-electron chi connectivity index (χ0n) is 14.5. The van der Waals surface area contributed by atoms with Gasteiger partial charge in [-0.3, -0.25) is 4.79 Å². The van der Waals surface area contributed by atoms with E-state index in [1.807, 2.05) is 45.0 Å². The van der Waals surface area contributed by atoms with Crippen LogP contribution in [-0.4, -0.2) is 39.8 Å². The Balaban J connectivity index is 1.87. The Morgan fingerprint density at radius 1 is 1.38 bits per heavy atom. The van der Waals surface area contributed by atoms with Crippen LogP contribution in [0.3, 0.4) is 0 Å². The van der Waals surface area contributed by atoms with Crippen LogP contribution in [0.5, 0.6) is 0 Å². The van der Waals surface area contributed by atoms with Crippen molar-refractivity contribution in [2.45, 2.75) is 39.2 Å². The molecule has 1 unspecified atom stereocenters. The predicted molar refractivity (Wildman–Crippen MR) is 91.6 cm³/mol. The van der Waals surface area contributed by atoms with Gasteiger partial charge >= 0.3 is 0 Å². The summed E-state index contributed by atoms with van der Waals surface area (Å²) in [7, 11) is 0. The van der Waals surface area contributed by atoms with Crippen LogP contribution >= 0.6 is 0 Å². The fraction of sp³-hybridized carbons (Fsp3) is 0.474. The number of amides is 1. The highest BCUT2D eigenvalue weighted by molar-refractivity contribution is 5.99. The summed E-state index contributed by atoms with van der Waals surface area (Å²) >= 11 is 0. The molecule has 1 aromatic carbocycles. The third-order valence-electron chi connectivity index (χ3n) is 4.91. The molecule has 24 heavy (non-hydrogen) atoms. The molecule has 1 aliphatic rings. The number of aromatic nitrogens is 1. The SMILES string of the molecule is Cc1ccccc1-c1nocc1C(=O)N1CCCC(C(C)(C)O)C1. The standard InChI is InChI=1S/C19H24N2O3/c1-13-7-4-5-9-15(13)17-16(12-24-20-17)18(22)21-10-6-8-14(11-21)19(2,3)23/h4-5,7,9,12,14,23H,6,8,10-11H2,1-3H3. The minimum absolute atomic E-state index is 0.0801. The van der Waals surface area contributed by atoms with E-state index in [4.69, 9.17) is 4.52 Å².